The fraction of sp³-hybridized carbons (Fsp3) is 0.538. The highest BCUT2D eigenvalue weighted by Gasteiger charge is 2.26. The van der Waals surface area contributed by atoms with Gasteiger partial charge in [0.15, 0.2) is 0 Å². The summed E-state index contributed by atoms with van der Waals surface area (Å²) < 4.78 is 5.18. The molecule has 0 aromatic carbocycles. The number of carbonyl (C=O) groups is 2. The number of hydrogen-bond donors (Lipinski definition) is 2. The molecule has 0 unspecified atom stereocenters. The summed E-state index contributed by atoms with van der Waals surface area (Å²) >= 11 is 0. The van der Waals surface area contributed by atoms with Crippen LogP contribution in [-0.4, -0.2) is 30.6 Å². The van der Waals surface area contributed by atoms with Crippen molar-refractivity contribution in [1.29, 1.82) is 0 Å². The molecule has 5 nitrogen and oxygen atoms in total. The molecule has 0 aromatic heterocycles. The van der Waals surface area contributed by atoms with Gasteiger partial charge in [0.05, 0.1) is 6.04 Å². The molecular formula is C26H40N2O3. The summed E-state index contributed by atoms with van der Waals surface area (Å²) in [6.45, 7) is 14.2. The van der Waals surface area contributed by atoms with Crippen LogP contribution < -0.4 is 11.1 Å². The van der Waals surface area contributed by atoms with Crippen LogP contribution in [0.3, 0.4) is 0 Å². The first-order chi connectivity index (χ1) is 14.4. The van der Waals surface area contributed by atoms with E-state index in [2.05, 4.69) is 51.2 Å². The van der Waals surface area contributed by atoms with Crippen molar-refractivity contribution in [3.8, 4) is 0 Å². The zero-order valence-corrected chi connectivity index (χ0v) is 20.2. The molecule has 0 aromatic rings. The van der Waals surface area contributed by atoms with Crippen molar-refractivity contribution in [2.45, 2.75) is 79.8 Å². The Labute approximate surface area is 188 Å². The van der Waals surface area contributed by atoms with E-state index in [1.54, 1.807) is 13.8 Å². The van der Waals surface area contributed by atoms with Gasteiger partial charge < -0.3 is 15.8 Å². The van der Waals surface area contributed by atoms with Gasteiger partial charge in [-0.2, -0.15) is 0 Å². The SMILES string of the molecule is CC(C=CC1=C(C)CCCC1(C)C)=CC=CC(C)=CCOC(=O)[C@H](C)NC(=O)[C@H](C)N. The van der Waals surface area contributed by atoms with Crippen molar-refractivity contribution in [2.24, 2.45) is 11.1 Å². The molecule has 1 rings (SSSR count). The Balaban J connectivity index is 2.55. The zero-order valence-electron chi connectivity index (χ0n) is 20.2. The van der Waals surface area contributed by atoms with Crippen LogP contribution in [0.1, 0.15) is 67.7 Å². The van der Waals surface area contributed by atoms with E-state index in [0.29, 0.717) is 0 Å². The van der Waals surface area contributed by atoms with E-state index < -0.39 is 18.1 Å². The van der Waals surface area contributed by atoms with Crippen LogP contribution in [-0.2, 0) is 14.3 Å². The number of ether oxygens (including phenoxy) is 1. The molecule has 0 aliphatic heterocycles. The topological polar surface area (TPSA) is 81.4 Å². The Hall–Kier alpha value is -2.40. The first-order valence-electron chi connectivity index (χ1n) is 11.1. The maximum absolute atomic E-state index is 11.9. The molecule has 1 amide bonds. The van der Waals surface area contributed by atoms with Crippen LogP contribution in [0, 0.1) is 5.41 Å². The molecule has 31 heavy (non-hydrogen) atoms. The lowest BCUT2D eigenvalue weighted by Crippen LogP contribution is -2.46. The first-order valence-corrected chi connectivity index (χ1v) is 11.1. The summed E-state index contributed by atoms with van der Waals surface area (Å²) in [6.07, 6.45) is 16.0. The molecule has 0 saturated heterocycles. The van der Waals surface area contributed by atoms with Crippen molar-refractivity contribution < 1.29 is 14.3 Å². The molecule has 1 aliphatic rings. The third kappa shape index (κ3) is 9.52. The van der Waals surface area contributed by atoms with Crippen molar-refractivity contribution in [3.05, 3.63) is 58.7 Å². The Bertz CT molecular complexity index is 795. The Morgan fingerprint density at radius 2 is 1.87 bits per heavy atom. The molecule has 0 spiro atoms. The van der Waals surface area contributed by atoms with E-state index >= 15 is 0 Å². The van der Waals surface area contributed by atoms with Gasteiger partial charge in [-0.05, 0) is 70.9 Å². The lowest BCUT2D eigenvalue weighted by molar-refractivity contribution is -0.146. The van der Waals surface area contributed by atoms with Crippen LogP contribution in [0.2, 0.25) is 0 Å². The van der Waals surface area contributed by atoms with Crippen LogP contribution in [0.5, 0.6) is 0 Å². The van der Waals surface area contributed by atoms with Gasteiger partial charge in [0.2, 0.25) is 5.91 Å². The molecule has 172 valence electrons. The lowest BCUT2D eigenvalue weighted by Gasteiger charge is -2.32. The van der Waals surface area contributed by atoms with Gasteiger partial charge in [0.1, 0.15) is 12.6 Å². The number of nitrogens with one attached hydrogen (secondary N) is 1. The molecule has 3 N–H and O–H groups in total. The van der Waals surface area contributed by atoms with Gasteiger partial charge in [-0.25, -0.2) is 4.79 Å². The predicted octanol–water partition coefficient (Wildman–Crippen LogP) is 4.91. The normalized spacial score (nSPS) is 19.6. The fourth-order valence-electron chi connectivity index (χ4n) is 3.48. The molecule has 0 fully saturated rings. The maximum Gasteiger partial charge on any atom is 0.328 e. The average molecular weight is 429 g/mol. The minimum atomic E-state index is -0.729. The van der Waals surface area contributed by atoms with Crippen molar-refractivity contribution in [3.63, 3.8) is 0 Å². The minimum absolute atomic E-state index is 0.151. The lowest BCUT2D eigenvalue weighted by atomic mass is 9.72. The zero-order chi connectivity index (χ0) is 23.6. The number of hydrogen-bond acceptors (Lipinski definition) is 4. The van der Waals surface area contributed by atoms with Crippen molar-refractivity contribution in [2.75, 3.05) is 6.61 Å². The van der Waals surface area contributed by atoms with Gasteiger partial charge in [0, 0.05) is 0 Å². The molecule has 0 heterocycles. The van der Waals surface area contributed by atoms with E-state index in [9.17, 15) is 9.59 Å². The second kappa shape index (κ2) is 12.5. The van der Waals surface area contributed by atoms with Gasteiger partial charge in [-0.3, -0.25) is 4.79 Å². The minimum Gasteiger partial charge on any atom is -0.460 e. The second-order valence-electron chi connectivity index (χ2n) is 9.13. The molecule has 0 saturated carbocycles. The number of nitrogens with two attached hydrogens (primary N) is 1. The smallest absolute Gasteiger partial charge is 0.328 e. The third-order valence-corrected chi connectivity index (χ3v) is 5.53. The maximum atomic E-state index is 11.9. The van der Waals surface area contributed by atoms with Crippen LogP contribution in [0.4, 0.5) is 0 Å². The van der Waals surface area contributed by atoms with E-state index in [0.717, 1.165) is 5.57 Å². The summed E-state index contributed by atoms with van der Waals surface area (Å²) in [6, 6.07) is -1.39. The Morgan fingerprint density at radius 3 is 2.48 bits per heavy atom. The highest BCUT2D eigenvalue weighted by molar-refractivity contribution is 5.86. The van der Waals surface area contributed by atoms with E-state index in [4.69, 9.17) is 10.5 Å². The predicted molar refractivity (Wildman–Crippen MR) is 128 cm³/mol. The quantitative estimate of drug-likeness (QED) is 0.404. The molecule has 0 bridgehead atoms. The van der Waals surface area contributed by atoms with Crippen LogP contribution in [0.15, 0.2) is 58.7 Å². The Kier molecular flexibility index (Phi) is 10.7. The van der Waals surface area contributed by atoms with Crippen LogP contribution >= 0.6 is 0 Å². The summed E-state index contributed by atoms with van der Waals surface area (Å²) in [7, 11) is 0. The van der Waals surface area contributed by atoms with Gasteiger partial charge in [-0.1, -0.05) is 60.9 Å². The number of carbonyl (C=O) groups excluding carboxylic acids is 2. The Morgan fingerprint density at radius 1 is 1.19 bits per heavy atom. The van der Waals surface area contributed by atoms with Gasteiger partial charge >= 0.3 is 5.97 Å². The fourth-order valence-corrected chi connectivity index (χ4v) is 3.48. The standard InChI is InChI=1S/C26H40N2O3/c1-18(13-14-23-20(3)12-9-16-26(23,6)7)10-8-11-19(2)15-17-31-25(30)22(5)28-24(29)21(4)27/h8,10-11,13-15,21-22H,9,12,16-17,27H2,1-7H3,(H,28,29)/t21-,22-/m0/s1. The summed E-state index contributed by atoms with van der Waals surface area (Å²) in [4.78, 5) is 23.4. The highest BCUT2D eigenvalue weighted by atomic mass is 16.5. The summed E-state index contributed by atoms with van der Waals surface area (Å²) in [5, 5.41) is 2.52. The van der Waals surface area contributed by atoms with Crippen molar-refractivity contribution >= 4 is 11.9 Å². The second-order valence-corrected chi connectivity index (χ2v) is 9.13. The highest BCUT2D eigenvalue weighted by Crippen LogP contribution is 2.40. The van der Waals surface area contributed by atoms with Gasteiger partial charge in [-0.15, -0.1) is 0 Å². The molecular weight excluding hydrogens is 388 g/mol. The molecule has 0 radical (unpaired) electrons. The van der Waals surface area contributed by atoms with Crippen LogP contribution in [0.25, 0.3) is 0 Å². The monoisotopic (exact) mass is 428 g/mol. The summed E-state index contributed by atoms with van der Waals surface area (Å²) in [5.74, 6) is -0.869. The van der Waals surface area contributed by atoms with E-state index in [-0.39, 0.29) is 17.9 Å². The van der Waals surface area contributed by atoms with Gasteiger partial charge in [0.25, 0.3) is 0 Å². The largest absolute Gasteiger partial charge is 0.460 e. The number of allylic oxidation sites excluding steroid dienone is 9. The van der Waals surface area contributed by atoms with E-state index in [1.165, 1.54) is 36.0 Å². The summed E-state index contributed by atoms with van der Waals surface area (Å²) in [5.41, 5.74) is 10.8. The first kappa shape index (κ1) is 26.6. The number of amides is 1. The number of esters is 1. The average Bonchev–Trinajstić information content (AvgIpc) is 2.66. The molecule has 5 heteroatoms. The van der Waals surface area contributed by atoms with E-state index in [1.807, 2.05) is 25.2 Å². The third-order valence-electron chi connectivity index (χ3n) is 5.53. The molecule has 1 aliphatic carbocycles. The molecule has 2 atom stereocenters. The number of rotatable bonds is 9. The van der Waals surface area contributed by atoms with Crippen molar-refractivity contribution in [1.82, 2.24) is 5.32 Å².